The minimum Gasteiger partial charge on any atom is -0.495 e. The van der Waals surface area contributed by atoms with Crippen LogP contribution in [0.3, 0.4) is 0 Å². The van der Waals surface area contributed by atoms with Gasteiger partial charge in [-0.2, -0.15) is 4.68 Å². The van der Waals surface area contributed by atoms with Gasteiger partial charge >= 0.3 is 0 Å². The normalized spacial score (nSPS) is 11.2. The molecule has 1 N–H and O–H groups in total. The second-order valence-corrected chi connectivity index (χ2v) is 8.21. The van der Waals surface area contributed by atoms with Crippen LogP contribution >= 0.6 is 23.4 Å². The van der Waals surface area contributed by atoms with Gasteiger partial charge in [0.25, 0.3) is 0 Å². The van der Waals surface area contributed by atoms with Crippen LogP contribution in [0.1, 0.15) is 0 Å². The zero-order valence-corrected chi connectivity index (χ0v) is 18.4. The van der Waals surface area contributed by atoms with Crippen LogP contribution in [0.2, 0.25) is 5.02 Å². The maximum Gasteiger partial charge on any atom is 0.234 e. The SMILES string of the molecule is COc1cc2c(cc1NC(=O)CSc1nnnn1-c1ccc(Cl)cc1)oc1ccccc12. The number of nitrogens with one attached hydrogen (secondary N) is 1. The topological polar surface area (TPSA) is 95.1 Å². The summed E-state index contributed by atoms with van der Waals surface area (Å²) in [5.41, 5.74) is 2.72. The lowest BCUT2D eigenvalue weighted by atomic mass is 10.1. The molecule has 0 fully saturated rings. The molecule has 0 saturated heterocycles. The third kappa shape index (κ3) is 3.88. The Balaban J connectivity index is 1.34. The summed E-state index contributed by atoms with van der Waals surface area (Å²) in [6.45, 7) is 0. The van der Waals surface area contributed by atoms with Gasteiger partial charge in [0.1, 0.15) is 16.9 Å². The third-order valence-electron chi connectivity index (χ3n) is 4.82. The highest BCUT2D eigenvalue weighted by atomic mass is 35.5. The lowest BCUT2D eigenvalue weighted by molar-refractivity contribution is -0.113. The molecule has 0 aliphatic carbocycles. The van der Waals surface area contributed by atoms with Crippen LogP contribution in [-0.2, 0) is 4.79 Å². The first-order valence-corrected chi connectivity index (χ1v) is 10.9. The minimum atomic E-state index is -0.227. The molecule has 8 nitrogen and oxygen atoms in total. The monoisotopic (exact) mass is 465 g/mol. The Labute approximate surface area is 191 Å². The number of carbonyl (C=O) groups excluding carboxylic acids is 1. The fourth-order valence-corrected chi connectivity index (χ4v) is 4.16. The summed E-state index contributed by atoms with van der Waals surface area (Å²) in [5.74, 6) is 0.428. The smallest absolute Gasteiger partial charge is 0.234 e. The van der Waals surface area contributed by atoms with Gasteiger partial charge in [0.2, 0.25) is 11.1 Å². The predicted molar refractivity (Wildman–Crippen MR) is 124 cm³/mol. The van der Waals surface area contributed by atoms with E-state index in [1.807, 2.05) is 30.3 Å². The number of hydrogen-bond donors (Lipinski definition) is 1. The number of thioether (sulfide) groups is 1. The maximum absolute atomic E-state index is 12.7. The van der Waals surface area contributed by atoms with E-state index >= 15 is 0 Å². The summed E-state index contributed by atoms with van der Waals surface area (Å²) < 4.78 is 13.0. The number of halogens is 1. The number of aromatic nitrogens is 4. The van der Waals surface area contributed by atoms with E-state index in [0.717, 1.165) is 22.0 Å². The van der Waals surface area contributed by atoms with Gasteiger partial charge in [0.15, 0.2) is 0 Å². The fraction of sp³-hybridized carbons (Fsp3) is 0.0909. The van der Waals surface area contributed by atoms with Crippen molar-refractivity contribution in [2.75, 3.05) is 18.2 Å². The zero-order valence-electron chi connectivity index (χ0n) is 16.8. The summed E-state index contributed by atoms with van der Waals surface area (Å²) in [6.07, 6.45) is 0. The number of tetrazole rings is 1. The van der Waals surface area contributed by atoms with Crippen molar-refractivity contribution < 1.29 is 13.9 Å². The number of benzene rings is 3. The maximum atomic E-state index is 12.7. The summed E-state index contributed by atoms with van der Waals surface area (Å²) in [5, 5.41) is 17.6. The van der Waals surface area contributed by atoms with Gasteiger partial charge in [-0.15, -0.1) is 5.10 Å². The second-order valence-electron chi connectivity index (χ2n) is 6.83. The molecule has 0 radical (unpaired) electrons. The number of furan rings is 1. The van der Waals surface area contributed by atoms with Crippen molar-refractivity contribution in [2.24, 2.45) is 0 Å². The van der Waals surface area contributed by atoms with Crippen LogP contribution in [0.5, 0.6) is 5.75 Å². The molecule has 2 aromatic heterocycles. The van der Waals surface area contributed by atoms with E-state index < -0.39 is 0 Å². The second kappa shape index (κ2) is 8.52. The van der Waals surface area contributed by atoms with E-state index in [-0.39, 0.29) is 11.7 Å². The van der Waals surface area contributed by atoms with E-state index in [2.05, 4.69) is 20.8 Å². The summed E-state index contributed by atoms with van der Waals surface area (Å²) in [6, 6.07) is 18.5. The number of methoxy groups -OCH3 is 1. The van der Waals surface area contributed by atoms with Crippen LogP contribution in [0.25, 0.3) is 27.6 Å². The molecule has 3 aromatic carbocycles. The first-order valence-electron chi connectivity index (χ1n) is 9.58. The van der Waals surface area contributed by atoms with Crippen molar-refractivity contribution >= 4 is 56.9 Å². The Morgan fingerprint density at radius 1 is 1.12 bits per heavy atom. The molecular weight excluding hydrogens is 450 g/mol. The number of ether oxygens (including phenoxy) is 1. The zero-order chi connectivity index (χ0) is 22.1. The van der Waals surface area contributed by atoms with Crippen molar-refractivity contribution in [3.63, 3.8) is 0 Å². The molecule has 160 valence electrons. The number of fused-ring (bicyclic) bond motifs is 3. The van der Waals surface area contributed by atoms with Crippen molar-refractivity contribution in [3.05, 3.63) is 65.7 Å². The first-order chi connectivity index (χ1) is 15.6. The molecule has 0 unspecified atom stereocenters. The average molecular weight is 466 g/mol. The minimum absolute atomic E-state index is 0.106. The quantitative estimate of drug-likeness (QED) is 0.354. The largest absolute Gasteiger partial charge is 0.495 e. The molecule has 2 heterocycles. The van der Waals surface area contributed by atoms with Gasteiger partial charge in [-0.05, 0) is 46.8 Å². The van der Waals surface area contributed by atoms with E-state index in [1.54, 1.807) is 42.1 Å². The van der Waals surface area contributed by atoms with Crippen LogP contribution < -0.4 is 10.1 Å². The first kappa shape index (κ1) is 20.3. The van der Waals surface area contributed by atoms with Gasteiger partial charge in [0, 0.05) is 21.9 Å². The number of anilines is 1. The van der Waals surface area contributed by atoms with E-state index in [1.165, 1.54) is 11.8 Å². The van der Waals surface area contributed by atoms with Crippen molar-refractivity contribution in [3.8, 4) is 11.4 Å². The van der Waals surface area contributed by atoms with E-state index in [0.29, 0.717) is 27.2 Å². The summed E-state index contributed by atoms with van der Waals surface area (Å²) in [7, 11) is 1.56. The Bertz CT molecular complexity index is 1430. The number of nitrogens with zero attached hydrogens (tertiary/aromatic N) is 4. The molecule has 0 saturated carbocycles. The van der Waals surface area contributed by atoms with Crippen molar-refractivity contribution in [2.45, 2.75) is 5.16 Å². The van der Waals surface area contributed by atoms with Crippen molar-refractivity contribution in [1.29, 1.82) is 0 Å². The van der Waals surface area contributed by atoms with Crippen LogP contribution in [0.15, 0.2) is 70.2 Å². The highest BCUT2D eigenvalue weighted by Gasteiger charge is 2.16. The molecule has 1 amide bonds. The molecule has 32 heavy (non-hydrogen) atoms. The molecule has 0 spiro atoms. The van der Waals surface area contributed by atoms with E-state index in [9.17, 15) is 4.79 Å². The Morgan fingerprint density at radius 2 is 1.94 bits per heavy atom. The lowest BCUT2D eigenvalue weighted by Crippen LogP contribution is -2.15. The van der Waals surface area contributed by atoms with Gasteiger partial charge in [0.05, 0.1) is 24.2 Å². The highest BCUT2D eigenvalue weighted by molar-refractivity contribution is 7.99. The predicted octanol–water partition coefficient (Wildman–Crippen LogP) is 4.95. The Kier molecular flexibility index (Phi) is 5.42. The van der Waals surface area contributed by atoms with Crippen LogP contribution in [-0.4, -0.2) is 39.0 Å². The summed E-state index contributed by atoms with van der Waals surface area (Å²) in [4.78, 5) is 12.7. The Morgan fingerprint density at radius 3 is 2.75 bits per heavy atom. The Hall–Kier alpha value is -3.56. The van der Waals surface area contributed by atoms with Crippen LogP contribution in [0, 0.1) is 0 Å². The number of hydrogen-bond acceptors (Lipinski definition) is 7. The van der Waals surface area contributed by atoms with Gasteiger partial charge in [-0.25, -0.2) is 0 Å². The van der Waals surface area contributed by atoms with E-state index in [4.69, 9.17) is 20.8 Å². The number of amides is 1. The molecule has 10 heteroatoms. The standard InChI is InChI=1S/C22H16ClN5O3S/c1-30-20-10-16-15-4-2-3-5-18(15)31-19(16)11-17(20)24-21(29)12-32-22-25-26-27-28(22)14-8-6-13(23)7-9-14/h2-11H,12H2,1H3,(H,24,29). The number of para-hydroxylation sites is 1. The summed E-state index contributed by atoms with van der Waals surface area (Å²) >= 11 is 7.16. The lowest BCUT2D eigenvalue weighted by Gasteiger charge is -2.10. The van der Waals surface area contributed by atoms with Gasteiger partial charge in [-0.3, -0.25) is 4.79 Å². The molecule has 0 aliphatic rings. The number of carbonyl (C=O) groups is 1. The molecule has 0 bridgehead atoms. The molecule has 0 atom stereocenters. The van der Waals surface area contributed by atoms with Crippen LogP contribution in [0.4, 0.5) is 5.69 Å². The molecule has 0 aliphatic heterocycles. The average Bonchev–Trinajstić information content (AvgIpc) is 3.41. The fourth-order valence-electron chi connectivity index (χ4n) is 3.35. The van der Waals surface area contributed by atoms with Gasteiger partial charge < -0.3 is 14.5 Å². The highest BCUT2D eigenvalue weighted by Crippen LogP contribution is 2.36. The molecular formula is C22H16ClN5O3S. The molecule has 5 rings (SSSR count). The third-order valence-corrected chi connectivity index (χ3v) is 5.99. The van der Waals surface area contributed by atoms with Gasteiger partial charge in [-0.1, -0.05) is 41.6 Å². The van der Waals surface area contributed by atoms with Crippen molar-refractivity contribution in [1.82, 2.24) is 20.2 Å². The number of rotatable bonds is 6. The molecule has 5 aromatic rings.